The predicted octanol–water partition coefficient (Wildman–Crippen LogP) is 6.50. The molecular formula is C26H24. The van der Waals surface area contributed by atoms with E-state index in [1.807, 2.05) is 0 Å². The van der Waals surface area contributed by atoms with Crippen molar-refractivity contribution in [1.82, 2.24) is 0 Å². The van der Waals surface area contributed by atoms with E-state index in [1.165, 1.54) is 22.3 Å². The molecule has 0 heterocycles. The lowest BCUT2D eigenvalue weighted by atomic mass is 9.64. The Morgan fingerprint density at radius 1 is 0.769 bits per heavy atom. The third kappa shape index (κ3) is 2.29. The fraction of sp³-hybridized carbons (Fsp3) is 0.154. The standard InChI is InChI=1S/C26H24/c1-3-13-22-23-18-11-12-19-25(23)26(24(22)4-2,20-14-7-5-8-15-20)21-16-9-6-10-17-21/h3-19,22,24H,2H2,1H3/b13-3-. The monoisotopic (exact) mass is 336 g/mol. The number of hydrogen-bond donors (Lipinski definition) is 0. The van der Waals surface area contributed by atoms with Gasteiger partial charge in [-0.05, 0) is 29.2 Å². The van der Waals surface area contributed by atoms with E-state index in [0.717, 1.165) is 0 Å². The molecule has 0 saturated carbocycles. The molecule has 26 heavy (non-hydrogen) atoms. The molecule has 1 aliphatic carbocycles. The topological polar surface area (TPSA) is 0 Å². The molecule has 0 aliphatic heterocycles. The van der Waals surface area contributed by atoms with Crippen LogP contribution in [0.2, 0.25) is 0 Å². The highest BCUT2D eigenvalue weighted by Gasteiger charge is 2.51. The Morgan fingerprint density at radius 2 is 1.31 bits per heavy atom. The van der Waals surface area contributed by atoms with Gasteiger partial charge in [0.25, 0.3) is 0 Å². The van der Waals surface area contributed by atoms with Crippen molar-refractivity contribution < 1.29 is 0 Å². The zero-order valence-electron chi connectivity index (χ0n) is 15.2. The second-order valence-electron chi connectivity index (χ2n) is 6.94. The maximum atomic E-state index is 4.27. The lowest BCUT2D eigenvalue weighted by Gasteiger charge is -2.38. The van der Waals surface area contributed by atoms with Crippen LogP contribution in [0.3, 0.4) is 0 Å². The van der Waals surface area contributed by atoms with E-state index in [1.54, 1.807) is 0 Å². The molecule has 0 bridgehead atoms. The minimum Gasteiger partial charge on any atom is -0.103 e. The van der Waals surface area contributed by atoms with Crippen molar-refractivity contribution in [2.75, 3.05) is 0 Å². The van der Waals surface area contributed by atoms with Gasteiger partial charge in [-0.1, -0.05) is 103 Å². The summed E-state index contributed by atoms with van der Waals surface area (Å²) in [6, 6.07) is 30.7. The molecule has 0 amide bonds. The lowest BCUT2D eigenvalue weighted by Crippen LogP contribution is -2.34. The van der Waals surface area contributed by atoms with Crippen LogP contribution in [0, 0.1) is 5.92 Å². The Kier molecular flexibility index (Phi) is 4.34. The molecule has 2 unspecified atom stereocenters. The Balaban J connectivity index is 2.12. The quantitative estimate of drug-likeness (QED) is 0.477. The molecule has 3 aromatic rings. The molecular weight excluding hydrogens is 312 g/mol. The molecule has 0 saturated heterocycles. The molecule has 0 N–H and O–H groups in total. The molecule has 0 nitrogen and oxygen atoms in total. The third-order valence-electron chi connectivity index (χ3n) is 5.74. The second kappa shape index (κ2) is 6.80. The van der Waals surface area contributed by atoms with Gasteiger partial charge in [0.1, 0.15) is 0 Å². The summed E-state index contributed by atoms with van der Waals surface area (Å²) in [5.74, 6) is 0.593. The van der Waals surface area contributed by atoms with E-state index >= 15 is 0 Å². The van der Waals surface area contributed by atoms with Gasteiger partial charge in [0.05, 0.1) is 5.41 Å². The van der Waals surface area contributed by atoms with E-state index in [4.69, 9.17) is 0 Å². The van der Waals surface area contributed by atoms with Crippen LogP contribution in [0.4, 0.5) is 0 Å². The fourth-order valence-electron chi connectivity index (χ4n) is 4.81. The maximum absolute atomic E-state index is 4.27. The summed E-state index contributed by atoms with van der Waals surface area (Å²) in [6.45, 7) is 6.38. The van der Waals surface area contributed by atoms with Gasteiger partial charge in [-0.25, -0.2) is 0 Å². The van der Waals surface area contributed by atoms with Crippen LogP contribution < -0.4 is 0 Å². The summed E-state index contributed by atoms with van der Waals surface area (Å²) in [7, 11) is 0. The molecule has 0 radical (unpaired) electrons. The summed E-state index contributed by atoms with van der Waals surface area (Å²) in [5, 5.41) is 0. The molecule has 0 fully saturated rings. The predicted molar refractivity (Wildman–Crippen MR) is 110 cm³/mol. The normalized spacial score (nSPS) is 20.8. The van der Waals surface area contributed by atoms with Crippen LogP contribution in [-0.2, 0) is 5.41 Å². The van der Waals surface area contributed by atoms with Crippen LogP contribution >= 0.6 is 0 Å². The second-order valence-corrected chi connectivity index (χ2v) is 6.94. The van der Waals surface area contributed by atoms with Crippen molar-refractivity contribution in [3.05, 3.63) is 132 Å². The van der Waals surface area contributed by atoms with E-state index in [9.17, 15) is 0 Å². The first-order valence-electron chi connectivity index (χ1n) is 9.29. The van der Waals surface area contributed by atoms with E-state index in [-0.39, 0.29) is 11.3 Å². The Bertz CT molecular complexity index is 879. The van der Waals surface area contributed by atoms with Crippen molar-refractivity contribution in [3.8, 4) is 0 Å². The summed E-state index contributed by atoms with van der Waals surface area (Å²) in [4.78, 5) is 0. The average molecular weight is 336 g/mol. The van der Waals surface area contributed by atoms with Gasteiger partial charge < -0.3 is 0 Å². The summed E-state index contributed by atoms with van der Waals surface area (Å²) < 4.78 is 0. The number of allylic oxidation sites excluding steroid dienone is 3. The number of fused-ring (bicyclic) bond motifs is 1. The van der Waals surface area contributed by atoms with Crippen molar-refractivity contribution in [2.45, 2.75) is 18.3 Å². The molecule has 4 rings (SSSR count). The highest BCUT2D eigenvalue weighted by Crippen LogP contribution is 2.58. The highest BCUT2D eigenvalue weighted by molar-refractivity contribution is 5.61. The molecule has 1 aliphatic rings. The number of benzene rings is 3. The smallest absolute Gasteiger partial charge is 0.0525 e. The van der Waals surface area contributed by atoms with Crippen molar-refractivity contribution in [2.24, 2.45) is 5.92 Å². The van der Waals surface area contributed by atoms with Crippen molar-refractivity contribution in [1.29, 1.82) is 0 Å². The van der Waals surface area contributed by atoms with Crippen LogP contribution in [0.5, 0.6) is 0 Å². The van der Waals surface area contributed by atoms with Gasteiger partial charge in [-0.15, -0.1) is 6.58 Å². The zero-order valence-corrected chi connectivity index (χ0v) is 15.2. The first-order chi connectivity index (χ1) is 12.8. The fourth-order valence-corrected chi connectivity index (χ4v) is 4.81. The summed E-state index contributed by atoms with van der Waals surface area (Å²) >= 11 is 0. The molecule has 3 aromatic carbocycles. The van der Waals surface area contributed by atoms with Gasteiger partial charge >= 0.3 is 0 Å². The molecule has 0 aromatic heterocycles. The van der Waals surface area contributed by atoms with Gasteiger partial charge in [0, 0.05) is 11.8 Å². The van der Waals surface area contributed by atoms with Gasteiger partial charge in [0.2, 0.25) is 0 Å². The van der Waals surface area contributed by atoms with E-state index in [2.05, 4.69) is 117 Å². The third-order valence-corrected chi connectivity index (χ3v) is 5.74. The molecule has 0 heteroatoms. The molecule has 2 atom stereocenters. The van der Waals surface area contributed by atoms with Crippen LogP contribution in [0.25, 0.3) is 0 Å². The minimum absolute atomic E-state index is 0.217. The van der Waals surface area contributed by atoms with E-state index in [0.29, 0.717) is 5.92 Å². The van der Waals surface area contributed by atoms with E-state index < -0.39 is 0 Å². The van der Waals surface area contributed by atoms with Crippen molar-refractivity contribution in [3.63, 3.8) is 0 Å². The summed E-state index contributed by atoms with van der Waals surface area (Å²) in [6.07, 6.45) is 6.66. The molecule has 0 spiro atoms. The van der Waals surface area contributed by atoms with Gasteiger partial charge in [0.15, 0.2) is 0 Å². The first-order valence-corrected chi connectivity index (χ1v) is 9.29. The van der Waals surface area contributed by atoms with Gasteiger partial charge in [-0.3, -0.25) is 0 Å². The highest BCUT2D eigenvalue weighted by atomic mass is 14.5. The number of rotatable bonds is 4. The van der Waals surface area contributed by atoms with Crippen LogP contribution in [0.15, 0.2) is 110 Å². The van der Waals surface area contributed by atoms with Crippen LogP contribution in [0.1, 0.15) is 35.1 Å². The lowest BCUT2D eigenvalue weighted by molar-refractivity contribution is 0.460. The Labute approximate surface area is 156 Å². The SMILES string of the molecule is C=CC1C(/C=C\C)c2ccccc2C1(c1ccccc1)c1ccccc1. The largest absolute Gasteiger partial charge is 0.103 e. The zero-order chi connectivity index (χ0) is 18.0. The maximum Gasteiger partial charge on any atom is 0.0525 e. The van der Waals surface area contributed by atoms with Crippen molar-refractivity contribution >= 4 is 0 Å². The van der Waals surface area contributed by atoms with Gasteiger partial charge in [-0.2, -0.15) is 0 Å². The average Bonchev–Trinajstić information content (AvgIpc) is 3.00. The first kappa shape index (κ1) is 16.6. The Morgan fingerprint density at radius 3 is 1.85 bits per heavy atom. The minimum atomic E-state index is -0.217. The Hall–Kier alpha value is -2.86. The number of hydrogen-bond acceptors (Lipinski definition) is 0. The molecule has 128 valence electrons. The van der Waals surface area contributed by atoms with Crippen LogP contribution in [-0.4, -0.2) is 0 Å². The summed E-state index contributed by atoms with van der Waals surface area (Å²) in [5.41, 5.74) is 5.24.